The summed E-state index contributed by atoms with van der Waals surface area (Å²) in [6.07, 6.45) is 0. The lowest BCUT2D eigenvalue weighted by molar-refractivity contribution is 0.0436. The van der Waals surface area contributed by atoms with Crippen LogP contribution >= 0.6 is 0 Å². The summed E-state index contributed by atoms with van der Waals surface area (Å²) in [5.74, 6) is -0.738. The van der Waals surface area contributed by atoms with E-state index in [1.165, 1.54) is 11.6 Å². The van der Waals surface area contributed by atoms with Gasteiger partial charge in [0, 0.05) is 6.07 Å². The van der Waals surface area contributed by atoms with Gasteiger partial charge in [-0.25, -0.2) is 4.79 Å². The van der Waals surface area contributed by atoms with E-state index < -0.39 is 5.97 Å². The molecule has 2 aromatic carbocycles. The van der Waals surface area contributed by atoms with E-state index in [-0.39, 0.29) is 23.2 Å². The smallest absolute Gasteiger partial charge is 0.374 e. The molecule has 0 saturated carbocycles. The minimum Gasteiger partial charge on any atom is -0.455 e. The third-order valence-electron chi connectivity index (χ3n) is 4.03. The molecule has 0 radical (unpaired) electrons. The van der Waals surface area contributed by atoms with Gasteiger partial charge in [-0.2, -0.15) is 0 Å². The molecule has 0 N–H and O–H groups in total. The normalized spacial score (nSPS) is 11.5. The van der Waals surface area contributed by atoms with E-state index in [4.69, 9.17) is 9.15 Å². The Bertz CT molecular complexity index is 960. The first-order valence-corrected chi connectivity index (χ1v) is 8.14. The molecule has 3 rings (SSSR count). The second-order valence-corrected chi connectivity index (χ2v) is 6.99. The zero-order valence-corrected chi connectivity index (χ0v) is 14.5. The van der Waals surface area contributed by atoms with Gasteiger partial charge in [0.1, 0.15) is 12.2 Å². The topological polar surface area (TPSA) is 56.5 Å². The lowest BCUT2D eigenvalue weighted by atomic mass is 9.87. The van der Waals surface area contributed by atoms with Crippen LogP contribution in [0.15, 0.2) is 63.8 Å². The van der Waals surface area contributed by atoms with Gasteiger partial charge in [-0.3, -0.25) is 4.79 Å². The number of ether oxygens (including phenoxy) is 1. The Morgan fingerprint density at radius 3 is 2.40 bits per heavy atom. The van der Waals surface area contributed by atoms with Crippen LogP contribution < -0.4 is 5.43 Å². The highest BCUT2D eigenvalue weighted by Gasteiger charge is 2.15. The van der Waals surface area contributed by atoms with Crippen molar-refractivity contribution in [1.82, 2.24) is 0 Å². The Balaban J connectivity index is 1.74. The second-order valence-electron chi connectivity index (χ2n) is 6.99. The third kappa shape index (κ3) is 3.79. The molecule has 4 nitrogen and oxygen atoms in total. The van der Waals surface area contributed by atoms with Gasteiger partial charge in [0.05, 0.1) is 5.39 Å². The molecular formula is C21H20O4. The van der Waals surface area contributed by atoms with Crippen LogP contribution in [0.1, 0.15) is 42.5 Å². The summed E-state index contributed by atoms with van der Waals surface area (Å²) >= 11 is 0. The summed E-state index contributed by atoms with van der Waals surface area (Å²) in [6.45, 7) is 6.55. The molecule has 1 aromatic heterocycles. The number of carbonyl (C=O) groups excluding carboxylic acids is 1. The number of para-hydroxylation sites is 1. The van der Waals surface area contributed by atoms with Crippen molar-refractivity contribution in [2.75, 3.05) is 0 Å². The monoisotopic (exact) mass is 336 g/mol. The molecule has 3 aromatic rings. The standard InChI is InChI=1S/C21H20O4/c1-21(2,3)15-10-8-14(9-11-15)13-24-20(23)19-12-17(22)16-6-4-5-7-18(16)25-19/h4-12H,13H2,1-3H3. The fraction of sp³-hybridized carbons (Fsp3) is 0.238. The molecule has 0 amide bonds. The van der Waals surface area contributed by atoms with E-state index in [1.54, 1.807) is 24.3 Å². The maximum absolute atomic E-state index is 12.2. The summed E-state index contributed by atoms with van der Waals surface area (Å²) in [4.78, 5) is 24.2. The van der Waals surface area contributed by atoms with Gasteiger partial charge in [-0.05, 0) is 28.7 Å². The Morgan fingerprint density at radius 2 is 1.72 bits per heavy atom. The first-order valence-electron chi connectivity index (χ1n) is 8.14. The summed E-state index contributed by atoms with van der Waals surface area (Å²) in [7, 11) is 0. The van der Waals surface area contributed by atoms with Crippen molar-refractivity contribution < 1.29 is 13.9 Å². The summed E-state index contributed by atoms with van der Waals surface area (Å²) in [5.41, 5.74) is 2.27. The summed E-state index contributed by atoms with van der Waals surface area (Å²) in [5, 5.41) is 0.441. The molecule has 0 unspecified atom stereocenters. The SMILES string of the molecule is CC(C)(C)c1ccc(COC(=O)c2cc(=O)c3ccccc3o2)cc1. The number of hydrogen-bond donors (Lipinski definition) is 0. The van der Waals surface area contributed by atoms with Crippen molar-refractivity contribution in [2.24, 2.45) is 0 Å². The lowest BCUT2D eigenvalue weighted by Crippen LogP contribution is -2.12. The Labute approximate surface area is 146 Å². The maximum Gasteiger partial charge on any atom is 0.374 e. The van der Waals surface area contributed by atoms with Gasteiger partial charge in [-0.1, -0.05) is 57.2 Å². The van der Waals surface area contributed by atoms with Crippen molar-refractivity contribution in [1.29, 1.82) is 0 Å². The van der Waals surface area contributed by atoms with E-state index in [0.717, 1.165) is 5.56 Å². The van der Waals surface area contributed by atoms with Gasteiger partial charge >= 0.3 is 5.97 Å². The van der Waals surface area contributed by atoms with Crippen molar-refractivity contribution in [3.05, 3.63) is 81.7 Å². The number of carbonyl (C=O) groups is 1. The number of esters is 1. The van der Waals surface area contributed by atoms with Crippen LogP contribution in [0.4, 0.5) is 0 Å². The highest BCUT2D eigenvalue weighted by Crippen LogP contribution is 2.22. The number of rotatable bonds is 3. The molecule has 4 heteroatoms. The zero-order valence-electron chi connectivity index (χ0n) is 14.5. The maximum atomic E-state index is 12.2. The number of hydrogen-bond acceptors (Lipinski definition) is 4. The first-order chi connectivity index (χ1) is 11.8. The molecule has 25 heavy (non-hydrogen) atoms. The third-order valence-corrected chi connectivity index (χ3v) is 4.03. The Morgan fingerprint density at radius 1 is 1.04 bits per heavy atom. The number of fused-ring (bicyclic) bond motifs is 1. The van der Waals surface area contributed by atoms with E-state index >= 15 is 0 Å². The highest BCUT2D eigenvalue weighted by molar-refractivity contribution is 5.88. The average molecular weight is 336 g/mol. The minimum atomic E-state index is -0.650. The van der Waals surface area contributed by atoms with Crippen LogP contribution in [0.5, 0.6) is 0 Å². The quantitative estimate of drug-likeness (QED) is 0.663. The average Bonchev–Trinajstić information content (AvgIpc) is 2.59. The molecule has 0 saturated heterocycles. The zero-order chi connectivity index (χ0) is 18.0. The van der Waals surface area contributed by atoms with Crippen LogP contribution in [-0.2, 0) is 16.8 Å². The van der Waals surface area contributed by atoms with Crippen LogP contribution in [0, 0.1) is 0 Å². The minimum absolute atomic E-state index is 0.0731. The molecule has 0 aliphatic heterocycles. The Hall–Kier alpha value is -2.88. The fourth-order valence-corrected chi connectivity index (χ4v) is 2.53. The predicted molar refractivity (Wildman–Crippen MR) is 96.7 cm³/mol. The molecular weight excluding hydrogens is 316 g/mol. The second kappa shape index (κ2) is 6.55. The van der Waals surface area contributed by atoms with Gasteiger partial charge in [0.15, 0.2) is 5.43 Å². The largest absolute Gasteiger partial charge is 0.455 e. The van der Waals surface area contributed by atoms with Gasteiger partial charge in [0.2, 0.25) is 5.76 Å². The van der Waals surface area contributed by atoms with Crippen LogP contribution in [-0.4, -0.2) is 5.97 Å². The fourth-order valence-electron chi connectivity index (χ4n) is 2.53. The van der Waals surface area contributed by atoms with E-state index in [0.29, 0.717) is 11.0 Å². The number of benzene rings is 2. The van der Waals surface area contributed by atoms with E-state index in [2.05, 4.69) is 20.8 Å². The molecule has 0 spiro atoms. The molecule has 0 bridgehead atoms. The lowest BCUT2D eigenvalue weighted by Gasteiger charge is -2.19. The van der Waals surface area contributed by atoms with Crippen LogP contribution in [0.25, 0.3) is 11.0 Å². The molecule has 0 aliphatic rings. The van der Waals surface area contributed by atoms with Gasteiger partial charge in [-0.15, -0.1) is 0 Å². The molecule has 0 atom stereocenters. The van der Waals surface area contributed by atoms with Crippen molar-refractivity contribution in [3.8, 4) is 0 Å². The van der Waals surface area contributed by atoms with Crippen LogP contribution in [0.3, 0.4) is 0 Å². The van der Waals surface area contributed by atoms with Crippen molar-refractivity contribution >= 4 is 16.9 Å². The summed E-state index contributed by atoms with van der Waals surface area (Å²) in [6, 6.07) is 15.9. The van der Waals surface area contributed by atoms with Gasteiger partial charge in [0.25, 0.3) is 0 Å². The van der Waals surface area contributed by atoms with Crippen LogP contribution in [0.2, 0.25) is 0 Å². The Kier molecular flexibility index (Phi) is 4.45. The molecule has 128 valence electrons. The highest BCUT2D eigenvalue weighted by atomic mass is 16.5. The predicted octanol–water partition coefficient (Wildman–Crippen LogP) is 4.45. The molecule has 0 aliphatic carbocycles. The molecule has 0 fully saturated rings. The van der Waals surface area contributed by atoms with E-state index in [1.807, 2.05) is 24.3 Å². The first kappa shape index (κ1) is 17.0. The van der Waals surface area contributed by atoms with E-state index in [9.17, 15) is 9.59 Å². The molecule has 1 heterocycles. The van der Waals surface area contributed by atoms with Gasteiger partial charge < -0.3 is 9.15 Å². The summed E-state index contributed by atoms with van der Waals surface area (Å²) < 4.78 is 10.8. The van der Waals surface area contributed by atoms with Crippen molar-refractivity contribution in [3.63, 3.8) is 0 Å². The van der Waals surface area contributed by atoms with Crippen molar-refractivity contribution in [2.45, 2.75) is 32.8 Å².